The third-order valence-corrected chi connectivity index (χ3v) is 2.90. The van der Waals surface area contributed by atoms with Gasteiger partial charge < -0.3 is 16.4 Å². The first-order valence-corrected chi connectivity index (χ1v) is 5.02. The van der Waals surface area contributed by atoms with Crippen molar-refractivity contribution in [3.63, 3.8) is 0 Å². The average molecular weight is 205 g/mol. The maximum absolute atomic E-state index is 11.1. The zero-order valence-corrected chi connectivity index (χ0v) is 8.73. The van der Waals surface area contributed by atoms with Crippen LogP contribution >= 0.6 is 0 Å². The van der Waals surface area contributed by atoms with Gasteiger partial charge in [-0.1, -0.05) is 12.1 Å². The molecule has 1 fully saturated rings. The number of para-hydroxylation sites is 1. The lowest BCUT2D eigenvalue weighted by Crippen LogP contribution is -2.55. The highest BCUT2D eigenvalue weighted by Gasteiger charge is 2.34. The van der Waals surface area contributed by atoms with E-state index in [0.717, 1.165) is 24.2 Å². The summed E-state index contributed by atoms with van der Waals surface area (Å²) in [5, 5.41) is 0. The van der Waals surface area contributed by atoms with Crippen LogP contribution in [0.25, 0.3) is 0 Å². The molecule has 0 saturated carbocycles. The topological polar surface area (TPSA) is 72.3 Å². The second-order valence-corrected chi connectivity index (χ2v) is 3.91. The second-order valence-electron chi connectivity index (χ2n) is 3.91. The minimum Gasteiger partial charge on any atom is -0.397 e. The molecule has 4 N–H and O–H groups in total. The summed E-state index contributed by atoms with van der Waals surface area (Å²) in [6, 6.07) is 5.56. The Kier molecular flexibility index (Phi) is 2.26. The highest BCUT2D eigenvalue weighted by atomic mass is 16.1. The van der Waals surface area contributed by atoms with Gasteiger partial charge in [0.2, 0.25) is 5.91 Å². The molecule has 0 spiro atoms. The van der Waals surface area contributed by atoms with Gasteiger partial charge in [-0.3, -0.25) is 4.79 Å². The number of primary amides is 1. The van der Waals surface area contributed by atoms with Crippen LogP contribution < -0.4 is 16.4 Å². The summed E-state index contributed by atoms with van der Waals surface area (Å²) in [7, 11) is 0. The van der Waals surface area contributed by atoms with Crippen LogP contribution in [-0.4, -0.2) is 18.5 Å². The molecule has 1 amide bonds. The number of anilines is 2. The van der Waals surface area contributed by atoms with Crippen LogP contribution in [-0.2, 0) is 4.79 Å². The van der Waals surface area contributed by atoms with E-state index in [1.54, 1.807) is 0 Å². The zero-order valence-electron chi connectivity index (χ0n) is 8.73. The van der Waals surface area contributed by atoms with Gasteiger partial charge in [0, 0.05) is 6.54 Å². The molecule has 0 aromatic heterocycles. The van der Waals surface area contributed by atoms with Gasteiger partial charge in [-0.2, -0.15) is 0 Å². The summed E-state index contributed by atoms with van der Waals surface area (Å²) in [4.78, 5) is 13.1. The number of hydrogen-bond acceptors (Lipinski definition) is 3. The summed E-state index contributed by atoms with van der Waals surface area (Å²) in [6.07, 6.45) is 0.823. The Hall–Kier alpha value is -1.71. The summed E-state index contributed by atoms with van der Waals surface area (Å²) >= 11 is 0. The predicted octanol–water partition coefficient (Wildman–Crippen LogP) is 0.641. The van der Waals surface area contributed by atoms with Crippen molar-refractivity contribution in [2.24, 2.45) is 5.73 Å². The van der Waals surface area contributed by atoms with Crippen LogP contribution in [0.5, 0.6) is 0 Å². The molecule has 2 rings (SSSR count). The van der Waals surface area contributed by atoms with E-state index in [4.69, 9.17) is 11.5 Å². The van der Waals surface area contributed by atoms with Crippen LogP contribution in [0.15, 0.2) is 18.2 Å². The lowest BCUT2D eigenvalue weighted by molar-refractivity contribution is -0.120. The molecule has 4 heteroatoms. The Morgan fingerprint density at radius 1 is 1.53 bits per heavy atom. The molecule has 80 valence electrons. The predicted molar refractivity (Wildman–Crippen MR) is 60.5 cm³/mol. The molecular formula is C11H15N3O. The maximum atomic E-state index is 11.1. The molecule has 0 aliphatic carbocycles. The van der Waals surface area contributed by atoms with E-state index in [9.17, 15) is 4.79 Å². The van der Waals surface area contributed by atoms with E-state index in [0.29, 0.717) is 5.69 Å². The Balaban J connectivity index is 2.34. The van der Waals surface area contributed by atoms with Crippen LogP contribution in [0, 0.1) is 6.92 Å². The third kappa shape index (κ3) is 1.52. The first kappa shape index (κ1) is 9.83. The van der Waals surface area contributed by atoms with E-state index >= 15 is 0 Å². The summed E-state index contributed by atoms with van der Waals surface area (Å²) < 4.78 is 0. The molecule has 1 aliphatic rings. The van der Waals surface area contributed by atoms with Crippen molar-refractivity contribution in [3.05, 3.63) is 23.8 Å². The molecule has 4 nitrogen and oxygen atoms in total. The normalized spacial score (nSPS) is 19.8. The van der Waals surface area contributed by atoms with Crippen molar-refractivity contribution in [1.29, 1.82) is 0 Å². The smallest absolute Gasteiger partial charge is 0.240 e. The van der Waals surface area contributed by atoms with E-state index in [1.165, 1.54) is 0 Å². The van der Waals surface area contributed by atoms with Gasteiger partial charge in [-0.25, -0.2) is 0 Å². The van der Waals surface area contributed by atoms with Crippen molar-refractivity contribution in [2.75, 3.05) is 17.2 Å². The van der Waals surface area contributed by atoms with Crippen LogP contribution in [0.2, 0.25) is 0 Å². The highest BCUT2D eigenvalue weighted by molar-refractivity contribution is 5.88. The van der Waals surface area contributed by atoms with Crippen LogP contribution in [0.3, 0.4) is 0 Å². The van der Waals surface area contributed by atoms with Crippen molar-refractivity contribution in [1.82, 2.24) is 0 Å². The number of amides is 1. The number of benzene rings is 1. The molecule has 1 aromatic rings. The van der Waals surface area contributed by atoms with Gasteiger partial charge in [0.05, 0.1) is 11.4 Å². The number of aryl methyl sites for hydroxylation is 1. The van der Waals surface area contributed by atoms with Gasteiger partial charge in [0.1, 0.15) is 6.04 Å². The Labute approximate surface area is 88.9 Å². The Morgan fingerprint density at radius 2 is 2.27 bits per heavy atom. The fourth-order valence-electron chi connectivity index (χ4n) is 2.02. The number of nitrogens with zero attached hydrogens (tertiary/aromatic N) is 1. The number of hydrogen-bond donors (Lipinski definition) is 2. The van der Waals surface area contributed by atoms with Gasteiger partial charge in [0.15, 0.2) is 0 Å². The number of carbonyl (C=O) groups excluding carboxylic acids is 1. The van der Waals surface area contributed by atoms with Crippen molar-refractivity contribution in [2.45, 2.75) is 19.4 Å². The first-order valence-electron chi connectivity index (χ1n) is 5.02. The fraction of sp³-hybridized carbons (Fsp3) is 0.364. The largest absolute Gasteiger partial charge is 0.397 e. The van der Waals surface area contributed by atoms with Crippen molar-refractivity contribution >= 4 is 17.3 Å². The molecule has 1 aliphatic heterocycles. The number of nitrogens with two attached hydrogens (primary N) is 2. The highest BCUT2D eigenvalue weighted by Crippen LogP contribution is 2.33. The van der Waals surface area contributed by atoms with Crippen molar-refractivity contribution < 1.29 is 4.79 Å². The van der Waals surface area contributed by atoms with Crippen LogP contribution in [0.1, 0.15) is 12.0 Å². The van der Waals surface area contributed by atoms with Crippen LogP contribution in [0.4, 0.5) is 11.4 Å². The summed E-state index contributed by atoms with van der Waals surface area (Å²) in [6.45, 7) is 2.84. The van der Waals surface area contributed by atoms with Gasteiger partial charge in [-0.05, 0) is 25.0 Å². The fourth-order valence-corrected chi connectivity index (χ4v) is 2.02. The monoisotopic (exact) mass is 205 g/mol. The average Bonchev–Trinajstić information content (AvgIpc) is 2.08. The van der Waals surface area contributed by atoms with Gasteiger partial charge in [-0.15, -0.1) is 0 Å². The van der Waals surface area contributed by atoms with E-state index in [2.05, 4.69) is 0 Å². The molecule has 1 atom stereocenters. The molecule has 1 saturated heterocycles. The lowest BCUT2D eigenvalue weighted by Gasteiger charge is -2.42. The lowest BCUT2D eigenvalue weighted by atomic mass is 9.99. The van der Waals surface area contributed by atoms with E-state index in [-0.39, 0.29) is 11.9 Å². The standard InChI is InChI=1S/C11H15N3O/c1-7-3-2-4-8(12)10(7)14-6-5-9(14)11(13)15/h2-4,9H,5-6,12H2,1H3,(H2,13,15). The molecular weight excluding hydrogens is 190 g/mol. The molecule has 15 heavy (non-hydrogen) atoms. The SMILES string of the molecule is Cc1cccc(N)c1N1CCC1C(N)=O. The third-order valence-electron chi connectivity index (χ3n) is 2.90. The number of rotatable bonds is 2. The van der Waals surface area contributed by atoms with Gasteiger partial charge in [0.25, 0.3) is 0 Å². The number of carbonyl (C=O) groups is 1. The quantitative estimate of drug-likeness (QED) is 0.696. The van der Waals surface area contributed by atoms with E-state index < -0.39 is 0 Å². The minimum atomic E-state index is -0.274. The zero-order chi connectivity index (χ0) is 11.0. The molecule has 0 bridgehead atoms. The summed E-state index contributed by atoms with van der Waals surface area (Å²) in [5.41, 5.74) is 13.9. The maximum Gasteiger partial charge on any atom is 0.240 e. The molecule has 1 unspecified atom stereocenters. The summed E-state index contributed by atoms with van der Waals surface area (Å²) in [5.74, 6) is -0.274. The Morgan fingerprint density at radius 3 is 2.73 bits per heavy atom. The molecule has 1 aromatic carbocycles. The first-order chi connectivity index (χ1) is 7.11. The van der Waals surface area contributed by atoms with Crippen molar-refractivity contribution in [3.8, 4) is 0 Å². The van der Waals surface area contributed by atoms with E-state index in [1.807, 2.05) is 30.0 Å². The Bertz CT molecular complexity index is 383. The second kappa shape index (κ2) is 3.46. The van der Waals surface area contributed by atoms with Gasteiger partial charge >= 0.3 is 0 Å². The minimum absolute atomic E-state index is 0.187. The number of nitrogen functional groups attached to an aromatic ring is 1. The molecule has 1 heterocycles. The molecule has 0 radical (unpaired) electrons.